The number of aromatic hydroxyl groups is 1. The van der Waals surface area contributed by atoms with Crippen molar-refractivity contribution in [1.82, 2.24) is 0 Å². The highest BCUT2D eigenvalue weighted by molar-refractivity contribution is 6.30. The number of ketones is 1. The molecule has 160 valence electrons. The number of benzene rings is 2. The van der Waals surface area contributed by atoms with E-state index in [1.54, 1.807) is 38.5 Å². The molecule has 2 aliphatic carbocycles. The molecule has 1 atom stereocenters. The number of Topliss-reactive ketones (excluding diaryl/α,β-unsaturated/α-hetero) is 1. The van der Waals surface area contributed by atoms with E-state index in [0.717, 1.165) is 46.6 Å². The van der Waals surface area contributed by atoms with Gasteiger partial charge in [-0.25, -0.2) is 0 Å². The summed E-state index contributed by atoms with van der Waals surface area (Å²) in [5.41, 5.74) is 4.23. The van der Waals surface area contributed by atoms with Gasteiger partial charge in [0.05, 0.1) is 14.2 Å². The summed E-state index contributed by atoms with van der Waals surface area (Å²) in [5, 5.41) is 9.68. The minimum Gasteiger partial charge on any atom is -0.508 e. The molecule has 0 fully saturated rings. The van der Waals surface area contributed by atoms with Gasteiger partial charge in [0.15, 0.2) is 5.78 Å². The van der Waals surface area contributed by atoms with Crippen molar-refractivity contribution >= 4 is 11.4 Å². The molecule has 31 heavy (non-hydrogen) atoms. The van der Waals surface area contributed by atoms with Gasteiger partial charge < -0.3 is 14.6 Å². The summed E-state index contributed by atoms with van der Waals surface area (Å²) in [7, 11) is 3.35. The van der Waals surface area contributed by atoms with Crippen LogP contribution >= 0.6 is 0 Å². The molecule has 0 heterocycles. The summed E-state index contributed by atoms with van der Waals surface area (Å²) in [6.45, 7) is 4.32. The van der Waals surface area contributed by atoms with Crippen LogP contribution in [0.15, 0.2) is 72.0 Å². The second kappa shape index (κ2) is 8.10. The molecule has 4 rings (SSSR count). The first-order valence-corrected chi connectivity index (χ1v) is 10.5. The van der Waals surface area contributed by atoms with Gasteiger partial charge in [0.1, 0.15) is 17.3 Å². The Bertz CT molecular complexity index is 1100. The number of carbonyl (C=O) groups is 1. The minimum atomic E-state index is -0.275. The molecule has 0 aliphatic heterocycles. The van der Waals surface area contributed by atoms with E-state index in [0.29, 0.717) is 5.56 Å². The minimum absolute atomic E-state index is 0.0289. The van der Waals surface area contributed by atoms with Gasteiger partial charge in [-0.2, -0.15) is 0 Å². The summed E-state index contributed by atoms with van der Waals surface area (Å²) in [6, 6.07) is 12.4. The maximum absolute atomic E-state index is 13.8. The lowest BCUT2D eigenvalue weighted by Crippen LogP contribution is -2.31. The van der Waals surface area contributed by atoms with Crippen LogP contribution in [0.1, 0.15) is 41.8 Å². The number of aryl methyl sites for hydroxylation is 1. The molecule has 1 N–H and O–H groups in total. The van der Waals surface area contributed by atoms with Crippen LogP contribution in [0.3, 0.4) is 0 Å². The third kappa shape index (κ3) is 3.67. The molecule has 2 aromatic carbocycles. The highest BCUT2D eigenvalue weighted by atomic mass is 16.5. The Morgan fingerprint density at radius 2 is 1.77 bits per heavy atom. The number of fused-ring (bicyclic) bond motifs is 1. The summed E-state index contributed by atoms with van der Waals surface area (Å²) >= 11 is 0. The van der Waals surface area contributed by atoms with Crippen LogP contribution in [0, 0.1) is 11.3 Å². The number of methoxy groups -OCH3 is 2. The zero-order valence-corrected chi connectivity index (χ0v) is 18.4. The zero-order valence-electron chi connectivity index (χ0n) is 18.4. The Labute approximate surface area is 183 Å². The number of hydrogen-bond donors (Lipinski definition) is 1. The van der Waals surface area contributed by atoms with Crippen LogP contribution in [-0.4, -0.2) is 25.1 Å². The number of phenolic OH excluding ortho intramolecular Hbond substituents is 1. The Kier molecular flexibility index (Phi) is 5.48. The lowest BCUT2D eigenvalue weighted by molar-refractivity contribution is 0.105. The summed E-state index contributed by atoms with van der Waals surface area (Å²) in [6.07, 6.45) is 7.83. The highest BCUT2D eigenvalue weighted by Crippen LogP contribution is 2.48. The van der Waals surface area contributed by atoms with Crippen LogP contribution in [0.5, 0.6) is 11.5 Å². The number of hydrogen-bond acceptors (Lipinski definition) is 4. The van der Waals surface area contributed by atoms with E-state index in [9.17, 15) is 9.90 Å². The fourth-order valence-corrected chi connectivity index (χ4v) is 4.80. The molecule has 0 aromatic heterocycles. The Balaban J connectivity index is 1.91. The average Bonchev–Trinajstić information content (AvgIpc) is 2.77. The molecular formula is C27H28O4. The number of phenols is 1. The summed E-state index contributed by atoms with van der Waals surface area (Å²) in [4.78, 5) is 13.8. The molecule has 1 unspecified atom stereocenters. The number of rotatable bonds is 5. The number of carbonyl (C=O) groups excluding carboxylic acids is 1. The molecular weight excluding hydrogens is 388 g/mol. The van der Waals surface area contributed by atoms with Crippen molar-refractivity contribution in [2.45, 2.75) is 26.7 Å². The van der Waals surface area contributed by atoms with Crippen LogP contribution < -0.4 is 4.74 Å². The predicted molar refractivity (Wildman–Crippen MR) is 122 cm³/mol. The highest BCUT2D eigenvalue weighted by Gasteiger charge is 2.40. The van der Waals surface area contributed by atoms with Crippen LogP contribution in [-0.2, 0) is 11.2 Å². The van der Waals surface area contributed by atoms with Crippen LogP contribution in [0.4, 0.5) is 0 Å². The topological polar surface area (TPSA) is 55.8 Å². The summed E-state index contributed by atoms with van der Waals surface area (Å²) in [5.74, 6) is 1.86. The van der Waals surface area contributed by atoms with Gasteiger partial charge in [0.25, 0.3) is 0 Å². The van der Waals surface area contributed by atoms with E-state index in [4.69, 9.17) is 9.47 Å². The maximum Gasteiger partial charge on any atom is 0.193 e. The molecule has 0 saturated carbocycles. The van der Waals surface area contributed by atoms with Crippen molar-refractivity contribution in [2.24, 2.45) is 11.3 Å². The second-order valence-corrected chi connectivity index (χ2v) is 8.62. The molecule has 0 radical (unpaired) electrons. The fraction of sp³-hybridized carbons (Fsp3) is 0.296. The smallest absolute Gasteiger partial charge is 0.193 e. The van der Waals surface area contributed by atoms with Crippen molar-refractivity contribution in [1.29, 1.82) is 0 Å². The average molecular weight is 417 g/mol. The van der Waals surface area contributed by atoms with Gasteiger partial charge in [-0.1, -0.05) is 37.6 Å². The first-order chi connectivity index (χ1) is 14.9. The van der Waals surface area contributed by atoms with E-state index in [2.05, 4.69) is 19.9 Å². The maximum atomic E-state index is 13.8. The number of ether oxygens (including phenoxy) is 2. The van der Waals surface area contributed by atoms with E-state index in [1.165, 1.54) is 0 Å². The van der Waals surface area contributed by atoms with Crippen molar-refractivity contribution in [3.05, 3.63) is 88.7 Å². The van der Waals surface area contributed by atoms with Crippen molar-refractivity contribution in [2.75, 3.05) is 14.2 Å². The Morgan fingerprint density at radius 3 is 2.45 bits per heavy atom. The van der Waals surface area contributed by atoms with Crippen LogP contribution in [0.2, 0.25) is 0 Å². The zero-order chi connectivity index (χ0) is 22.2. The molecule has 0 spiro atoms. The van der Waals surface area contributed by atoms with E-state index >= 15 is 0 Å². The lowest BCUT2D eigenvalue weighted by atomic mass is 9.66. The van der Waals surface area contributed by atoms with Gasteiger partial charge >= 0.3 is 0 Å². The van der Waals surface area contributed by atoms with E-state index < -0.39 is 0 Å². The molecule has 0 saturated heterocycles. The van der Waals surface area contributed by atoms with Crippen molar-refractivity contribution in [3.63, 3.8) is 0 Å². The SMILES string of the molecule is COC1=CC=CC(C2=C(C(=O)c3ccc(O)cc3)c3ccc(OC)cc3CC2)C1(C)C. The van der Waals surface area contributed by atoms with Crippen molar-refractivity contribution in [3.8, 4) is 11.5 Å². The van der Waals surface area contributed by atoms with Gasteiger partial charge in [0.2, 0.25) is 0 Å². The molecule has 4 heteroatoms. The van der Waals surface area contributed by atoms with Gasteiger partial charge in [-0.3, -0.25) is 4.79 Å². The Hall–Kier alpha value is -3.27. The molecule has 2 aliphatic rings. The largest absolute Gasteiger partial charge is 0.508 e. The molecule has 2 aromatic rings. The van der Waals surface area contributed by atoms with E-state index in [1.807, 2.05) is 30.4 Å². The Morgan fingerprint density at radius 1 is 1.03 bits per heavy atom. The third-order valence-electron chi connectivity index (χ3n) is 6.48. The molecule has 0 bridgehead atoms. The van der Waals surface area contributed by atoms with E-state index in [-0.39, 0.29) is 22.9 Å². The first-order valence-electron chi connectivity index (χ1n) is 10.5. The van der Waals surface area contributed by atoms with Gasteiger partial charge in [0, 0.05) is 22.5 Å². The monoisotopic (exact) mass is 416 g/mol. The van der Waals surface area contributed by atoms with Gasteiger partial charge in [-0.15, -0.1) is 0 Å². The predicted octanol–water partition coefficient (Wildman–Crippen LogP) is 5.73. The molecule has 4 nitrogen and oxygen atoms in total. The molecule has 0 amide bonds. The second-order valence-electron chi connectivity index (χ2n) is 8.62. The van der Waals surface area contributed by atoms with Crippen molar-refractivity contribution < 1.29 is 19.4 Å². The summed E-state index contributed by atoms with van der Waals surface area (Å²) < 4.78 is 11.1. The normalized spacial score (nSPS) is 19.5. The quantitative estimate of drug-likeness (QED) is 0.633. The lowest BCUT2D eigenvalue weighted by Gasteiger charge is -2.39. The number of allylic oxidation sites excluding steroid dienone is 6. The first kappa shape index (κ1) is 21.0. The van der Waals surface area contributed by atoms with Gasteiger partial charge in [-0.05, 0) is 66.4 Å². The fourth-order valence-electron chi connectivity index (χ4n) is 4.80. The van der Waals surface area contributed by atoms with Crippen LogP contribution in [0.25, 0.3) is 5.57 Å². The third-order valence-corrected chi connectivity index (χ3v) is 6.48. The standard InChI is InChI=1S/C27H28O4/c1-27(2)23(6-5-7-24(27)31-4)22-14-10-18-16-20(30-3)13-15-21(18)25(22)26(29)17-8-11-19(28)12-9-17/h5-9,11-13,15-16,23,28H,10,14H2,1-4H3.